The zero-order chi connectivity index (χ0) is 56.5. The highest BCUT2D eigenvalue weighted by molar-refractivity contribution is 6.31. The fourth-order valence-electron chi connectivity index (χ4n) is 6.86. The highest BCUT2D eigenvalue weighted by Gasteiger charge is 2.31. The van der Waals surface area contributed by atoms with Crippen LogP contribution < -0.4 is 30.2 Å². The number of halogens is 7. The van der Waals surface area contributed by atoms with Crippen LogP contribution in [0.2, 0.25) is 10.0 Å². The maximum absolute atomic E-state index is 13.2. The van der Waals surface area contributed by atoms with Crippen molar-refractivity contribution < 1.29 is 50.5 Å². The third-order valence-electron chi connectivity index (χ3n) is 10.3. The Balaban J connectivity index is 0.000000172. The average Bonchev–Trinajstić information content (AvgIpc) is 3.41. The Bertz CT molecular complexity index is 3780. The number of amides is 3. The lowest BCUT2D eigenvalue weighted by Gasteiger charge is -2.11. The van der Waals surface area contributed by atoms with Crippen LogP contribution in [0.25, 0.3) is 0 Å². The number of terminal acetylenes is 2. The number of alkyl halides is 3. The van der Waals surface area contributed by atoms with Gasteiger partial charge in [0.1, 0.15) is 46.1 Å². The fraction of sp³-hybridized carbons (Fsp3) is 0.0333. The van der Waals surface area contributed by atoms with Crippen LogP contribution in [0.1, 0.15) is 53.3 Å². The van der Waals surface area contributed by atoms with Crippen molar-refractivity contribution in [1.82, 2.24) is 15.0 Å². The SMILES string of the molecule is C#Cc1cccc(C(=O)Nc2cc(Cl)cc(Oc3cncc(F)c3)c2)c1.C#Cc1cccc(C(=O)Nc2cccc(Oc3cncc(C(F)(F)F)c3)c2)c1.Cc1cccc(C(=O)Nc2cc(Cl)cc(Oc3cncc(F)c3)c2)c1. The van der Waals surface area contributed by atoms with Crippen LogP contribution in [-0.4, -0.2) is 32.7 Å². The number of hydrogen-bond donors (Lipinski definition) is 3. The Hall–Kier alpha value is -10.1. The number of aromatic nitrogens is 3. The third kappa shape index (κ3) is 17.5. The Morgan fingerprint density at radius 2 is 0.886 bits per heavy atom. The van der Waals surface area contributed by atoms with Gasteiger partial charge in [0.15, 0.2) is 0 Å². The van der Waals surface area contributed by atoms with Crippen LogP contribution in [-0.2, 0) is 6.18 Å². The van der Waals surface area contributed by atoms with Crippen LogP contribution in [0.15, 0.2) is 189 Å². The molecule has 0 saturated carbocycles. The van der Waals surface area contributed by atoms with Gasteiger partial charge in [-0.3, -0.25) is 29.3 Å². The molecule has 6 aromatic carbocycles. The van der Waals surface area contributed by atoms with Crippen molar-refractivity contribution in [2.24, 2.45) is 0 Å². The molecule has 3 N–H and O–H groups in total. The van der Waals surface area contributed by atoms with Crippen LogP contribution in [0.5, 0.6) is 34.5 Å². The summed E-state index contributed by atoms with van der Waals surface area (Å²) in [6.07, 6.45) is 13.0. The summed E-state index contributed by atoms with van der Waals surface area (Å²) < 4.78 is 81.3. The maximum atomic E-state index is 13.2. The van der Waals surface area contributed by atoms with Crippen molar-refractivity contribution >= 4 is 58.0 Å². The number of carbonyl (C=O) groups is 3. The van der Waals surface area contributed by atoms with Gasteiger partial charge in [-0.25, -0.2) is 8.78 Å². The van der Waals surface area contributed by atoms with Gasteiger partial charge in [-0.2, -0.15) is 13.2 Å². The quantitative estimate of drug-likeness (QED) is 0.0801. The zero-order valence-electron chi connectivity index (χ0n) is 41.0. The molecule has 3 heterocycles. The molecule has 0 atom stereocenters. The second-order valence-corrected chi connectivity index (χ2v) is 17.3. The van der Waals surface area contributed by atoms with Crippen molar-refractivity contribution in [3.8, 4) is 59.2 Å². The summed E-state index contributed by atoms with van der Waals surface area (Å²) in [4.78, 5) is 48.0. The van der Waals surface area contributed by atoms with Gasteiger partial charge in [-0.1, -0.05) is 70.9 Å². The van der Waals surface area contributed by atoms with E-state index in [0.717, 1.165) is 24.0 Å². The fourth-order valence-corrected chi connectivity index (χ4v) is 7.31. The molecule has 0 saturated heterocycles. The van der Waals surface area contributed by atoms with Gasteiger partial charge in [-0.15, -0.1) is 12.8 Å². The van der Waals surface area contributed by atoms with Gasteiger partial charge in [0, 0.05) is 91.5 Å². The van der Waals surface area contributed by atoms with Gasteiger partial charge >= 0.3 is 6.18 Å². The minimum absolute atomic E-state index is 0.0694. The van der Waals surface area contributed by atoms with E-state index < -0.39 is 23.4 Å². The number of benzene rings is 6. The third-order valence-corrected chi connectivity index (χ3v) is 10.8. The lowest BCUT2D eigenvalue weighted by molar-refractivity contribution is -0.137. The topological polar surface area (TPSA) is 154 Å². The van der Waals surface area contributed by atoms with Crippen LogP contribution >= 0.6 is 23.2 Å². The molecule has 0 bridgehead atoms. The Kier molecular flexibility index (Phi) is 19.1. The summed E-state index contributed by atoms with van der Waals surface area (Å²) in [7, 11) is 0. The molecule has 9 rings (SSSR count). The second-order valence-electron chi connectivity index (χ2n) is 16.5. The molecule has 0 unspecified atom stereocenters. The molecule has 12 nitrogen and oxygen atoms in total. The van der Waals surface area contributed by atoms with Crippen LogP contribution in [0, 0.1) is 43.2 Å². The normalized spacial score (nSPS) is 10.4. The predicted octanol–water partition coefficient (Wildman–Crippen LogP) is 15.3. The van der Waals surface area contributed by atoms with Gasteiger partial charge in [-0.05, 0) is 97.9 Å². The Labute approximate surface area is 459 Å². The number of hydrogen-bond acceptors (Lipinski definition) is 9. The molecule has 394 valence electrons. The highest BCUT2D eigenvalue weighted by atomic mass is 35.5. The van der Waals surface area contributed by atoms with Crippen molar-refractivity contribution in [1.29, 1.82) is 0 Å². The number of pyridine rings is 3. The number of nitrogens with one attached hydrogen (secondary N) is 3. The minimum Gasteiger partial charge on any atom is -0.456 e. The molecule has 9 aromatic rings. The molecule has 0 spiro atoms. The first kappa shape index (κ1) is 56.7. The second kappa shape index (κ2) is 26.6. The van der Waals surface area contributed by atoms with Crippen molar-refractivity contribution in [2.45, 2.75) is 13.1 Å². The predicted molar refractivity (Wildman–Crippen MR) is 291 cm³/mol. The minimum atomic E-state index is -4.52. The molecule has 79 heavy (non-hydrogen) atoms. The van der Waals surface area contributed by atoms with E-state index in [1.807, 2.05) is 19.1 Å². The molecule has 0 radical (unpaired) electrons. The van der Waals surface area contributed by atoms with E-state index in [2.05, 4.69) is 42.7 Å². The molecule has 0 aliphatic heterocycles. The van der Waals surface area contributed by atoms with Gasteiger partial charge in [0.2, 0.25) is 0 Å². The first-order chi connectivity index (χ1) is 37.9. The average molecular weight is 1110 g/mol. The number of rotatable bonds is 12. The van der Waals surface area contributed by atoms with Gasteiger partial charge in [0.25, 0.3) is 17.7 Å². The highest BCUT2D eigenvalue weighted by Crippen LogP contribution is 2.34. The molecule has 19 heteroatoms. The van der Waals surface area contributed by atoms with Crippen molar-refractivity contribution in [3.63, 3.8) is 0 Å². The van der Waals surface area contributed by atoms with E-state index in [1.165, 1.54) is 36.8 Å². The van der Waals surface area contributed by atoms with Crippen LogP contribution in [0.4, 0.5) is 39.0 Å². The summed E-state index contributed by atoms with van der Waals surface area (Å²) >= 11 is 12.2. The summed E-state index contributed by atoms with van der Waals surface area (Å²) in [6.45, 7) is 1.91. The summed E-state index contributed by atoms with van der Waals surface area (Å²) in [5.41, 5.74) is 3.88. The Morgan fingerprint density at radius 1 is 0.468 bits per heavy atom. The largest absolute Gasteiger partial charge is 0.456 e. The van der Waals surface area contributed by atoms with Crippen LogP contribution in [0.3, 0.4) is 0 Å². The molecule has 3 aromatic heterocycles. The van der Waals surface area contributed by atoms with E-state index in [9.17, 15) is 36.3 Å². The Morgan fingerprint density at radius 3 is 1.35 bits per heavy atom. The maximum Gasteiger partial charge on any atom is 0.418 e. The van der Waals surface area contributed by atoms with Crippen molar-refractivity contribution in [3.05, 3.63) is 249 Å². The number of anilines is 3. The van der Waals surface area contributed by atoms with Crippen molar-refractivity contribution in [2.75, 3.05) is 16.0 Å². The van der Waals surface area contributed by atoms with E-state index in [1.54, 1.807) is 115 Å². The van der Waals surface area contributed by atoms with E-state index >= 15 is 0 Å². The lowest BCUT2D eigenvalue weighted by atomic mass is 10.1. The number of carbonyl (C=O) groups excluding carboxylic acids is 3. The molecule has 0 aliphatic rings. The first-order valence-electron chi connectivity index (χ1n) is 23.0. The molecule has 0 fully saturated rings. The summed E-state index contributed by atoms with van der Waals surface area (Å²) in [5.74, 6) is 4.23. The lowest BCUT2D eigenvalue weighted by Crippen LogP contribution is -2.12. The first-order valence-corrected chi connectivity index (χ1v) is 23.8. The van der Waals surface area contributed by atoms with E-state index in [-0.39, 0.29) is 40.7 Å². The summed E-state index contributed by atoms with van der Waals surface area (Å²) in [6, 6.07) is 39.5. The van der Waals surface area contributed by atoms with E-state index in [0.29, 0.717) is 72.6 Å². The van der Waals surface area contributed by atoms with E-state index in [4.69, 9.17) is 50.3 Å². The number of ether oxygens (including phenoxy) is 3. The molecular weight excluding hydrogens is 1070 g/mol. The monoisotopic (exact) mass is 1100 g/mol. The standard InChI is InChI=1S/C21H13F3N2O2.C20H12ClFN2O2.C19H14ClFN2O2/c1-2-14-5-3-6-15(9-14)20(27)26-17-7-4-8-18(11-17)28-19-10-16(12-25-13-19)21(22,23)24;1-2-13-4-3-5-14(6-13)20(25)24-17-7-15(21)8-18(10-17)26-19-9-16(22)11-23-12-19;1-12-3-2-4-13(5-12)19(24)23-16-6-14(20)7-17(9-16)25-18-8-15(21)10-22-11-18/h1,3-13H,(H,26,27);1,3-12H,(H,24,25);2-11H,1H3,(H,23,24). The molecule has 0 aliphatic carbocycles. The van der Waals surface area contributed by atoms with Gasteiger partial charge < -0.3 is 30.2 Å². The molecular formula is C60H39Cl2F5N6O6. The smallest absolute Gasteiger partial charge is 0.418 e. The summed E-state index contributed by atoms with van der Waals surface area (Å²) in [5, 5.41) is 8.91. The number of nitrogens with zero attached hydrogens (tertiary/aromatic N) is 3. The van der Waals surface area contributed by atoms with Gasteiger partial charge in [0.05, 0.1) is 36.5 Å². The zero-order valence-corrected chi connectivity index (χ0v) is 42.5. The molecule has 3 amide bonds. The number of aryl methyl sites for hydroxylation is 1.